The molecule has 0 radical (unpaired) electrons. The van der Waals surface area contributed by atoms with Gasteiger partial charge in [0.2, 0.25) is 0 Å². The van der Waals surface area contributed by atoms with Crippen LogP contribution in [-0.2, 0) is 6.42 Å². The van der Waals surface area contributed by atoms with Gasteiger partial charge in [0.25, 0.3) is 0 Å². The predicted octanol–water partition coefficient (Wildman–Crippen LogP) is 4.43. The summed E-state index contributed by atoms with van der Waals surface area (Å²) in [5.41, 5.74) is 0.955. The lowest BCUT2D eigenvalue weighted by Gasteiger charge is -2.16. The molecule has 18 heavy (non-hydrogen) atoms. The summed E-state index contributed by atoms with van der Waals surface area (Å²) in [6.45, 7) is 2.96. The van der Waals surface area contributed by atoms with E-state index in [1.54, 1.807) is 17.4 Å². The first-order valence-corrected chi connectivity index (χ1v) is 7.17. The molecule has 0 aliphatic rings. The van der Waals surface area contributed by atoms with Crippen molar-refractivity contribution in [3.63, 3.8) is 0 Å². The molecule has 1 nitrogen and oxygen atoms in total. The van der Waals surface area contributed by atoms with Crippen molar-refractivity contribution in [1.82, 2.24) is 5.32 Å². The second-order valence-electron chi connectivity index (χ2n) is 4.08. The minimum atomic E-state index is -0.351. The lowest BCUT2D eigenvalue weighted by atomic mass is 10.0. The summed E-state index contributed by atoms with van der Waals surface area (Å²) in [6, 6.07) is 9.38. The molecule has 0 aliphatic carbocycles. The summed E-state index contributed by atoms with van der Waals surface area (Å²) >= 11 is 7.40. The van der Waals surface area contributed by atoms with Gasteiger partial charge in [-0.1, -0.05) is 30.7 Å². The van der Waals surface area contributed by atoms with E-state index in [0.29, 0.717) is 0 Å². The highest BCUT2D eigenvalue weighted by Crippen LogP contribution is 2.24. The summed E-state index contributed by atoms with van der Waals surface area (Å²) in [5, 5.41) is 5.66. The molecule has 0 spiro atoms. The molecule has 4 heteroatoms. The Kier molecular flexibility index (Phi) is 4.75. The molecule has 2 aromatic rings. The molecular weight excluding hydrogens is 269 g/mol. The van der Waals surface area contributed by atoms with E-state index in [0.717, 1.165) is 18.5 Å². The number of nitrogens with one attached hydrogen (secondary N) is 1. The lowest BCUT2D eigenvalue weighted by molar-refractivity contribution is 0.554. The molecule has 2 rings (SSSR count). The van der Waals surface area contributed by atoms with Crippen molar-refractivity contribution in [2.75, 3.05) is 6.54 Å². The molecule has 0 amide bonds. The van der Waals surface area contributed by atoms with Crippen LogP contribution in [0.5, 0.6) is 0 Å². The zero-order valence-electron chi connectivity index (χ0n) is 10.1. The van der Waals surface area contributed by atoms with Crippen LogP contribution >= 0.6 is 22.9 Å². The summed E-state index contributed by atoms with van der Waals surface area (Å²) in [6.07, 6.45) is 0.766. The zero-order valence-corrected chi connectivity index (χ0v) is 11.7. The number of likely N-dealkylation sites (N-methyl/N-ethyl adjacent to an activating group) is 1. The van der Waals surface area contributed by atoms with Crippen molar-refractivity contribution >= 4 is 22.9 Å². The Hall–Kier alpha value is -0.900. The molecule has 0 aliphatic heterocycles. The van der Waals surface area contributed by atoms with Gasteiger partial charge in [0.1, 0.15) is 5.82 Å². The minimum Gasteiger partial charge on any atom is -0.309 e. The third-order valence-electron chi connectivity index (χ3n) is 2.76. The predicted molar refractivity (Wildman–Crippen MR) is 75.9 cm³/mol. The number of thiophene rings is 1. The van der Waals surface area contributed by atoms with Crippen molar-refractivity contribution < 1.29 is 4.39 Å². The van der Waals surface area contributed by atoms with E-state index in [1.165, 1.54) is 10.9 Å². The van der Waals surface area contributed by atoms with Crippen LogP contribution in [0.4, 0.5) is 4.39 Å². The van der Waals surface area contributed by atoms with Gasteiger partial charge in [-0.15, -0.1) is 11.3 Å². The fourth-order valence-corrected chi connectivity index (χ4v) is 2.83. The van der Waals surface area contributed by atoms with Gasteiger partial charge < -0.3 is 5.32 Å². The zero-order chi connectivity index (χ0) is 13.0. The van der Waals surface area contributed by atoms with Crippen LogP contribution in [0.15, 0.2) is 35.7 Å². The van der Waals surface area contributed by atoms with Crippen molar-refractivity contribution in [2.24, 2.45) is 0 Å². The lowest BCUT2D eigenvalue weighted by Crippen LogP contribution is -2.22. The average molecular weight is 284 g/mol. The SMILES string of the molecule is CCNC(Cc1ccc(Cl)c(F)c1)c1cccs1. The highest BCUT2D eigenvalue weighted by atomic mass is 35.5. The maximum Gasteiger partial charge on any atom is 0.142 e. The van der Waals surface area contributed by atoms with E-state index in [9.17, 15) is 4.39 Å². The van der Waals surface area contributed by atoms with E-state index in [1.807, 2.05) is 12.1 Å². The number of hydrogen-bond donors (Lipinski definition) is 1. The maximum absolute atomic E-state index is 13.4. The summed E-state index contributed by atoms with van der Waals surface area (Å²) in [7, 11) is 0. The van der Waals surface area contributed by atoms with E-state index in [-0.39, 0.29) is 16.9 Å². The molecule has 1 atom stereocenters. The third kappa shape index (κ3) is 3.31. The first-order valence-electron chi connectivity index (χ1n) is 5.91. The van der Waals surface area contributed by atoms with Gasteiger partial charge in [-0.2, -0.15) is 0 Å². The molecule has 1 heterocycles. The largest absolute Gasteiger partial charge is 0.309 e. The third-order valence-corrected chi connectivity index (χ3v) is 4.05. The topological polar surface area (TPSA) is 12.0 Å². The van der Waals surface area contributed by atoms with Gasteiger partial charge in [0, 0.05) is 10.9 Å². The van der Waals surface area contributed by atoms with Crippen LogP contribution < -0.4 is 5.32 Å². The van der Waals surface area contributed by atoms with Crippen LogP contribution in [0.2, 0.25) is 5.02 Å². The Labute approximate surface area is 116 Å². The van der Waals surface area contributed by atoms with Crippen LogP contribution in [0, 0.1) is 5.82 Å². The van der Waals surface area contributed by atoms with E-state index in [4.69, 9.17) is 11.6 Å². The van der Waals surface area contributed by atoms with Gasteiger partial charge in [0.15, 0.2) is 0 Å². The Morgan fingerprint density at radius 2 is 2.22 bits per heavy atom. The van der Waals surface area contributed by atoms with Gasteiger partial charge in [-0.05, 0) is 42.1 Å². The number of benzene rings is 1. The Morgan fingerprint density at radius 3 is 2.83 bits per heavy atom. The number of hydrogen-bond acceptors (Lipinski definition) is 2. The smallest absolute Gasteiger partial charge is 0.142 e. The number of rotatable bonds is 5. The molecule has 1 aromatic heterocycles. The van der Waals surface area contributed by atoms with E-state index < -0.39 is 0 Å². The Morgan fingerprint density at radius 1 is 1.39 bits per heavy atom. The van der Waals surface area contributed by atoms with Crippen LogP contribution in [0.25, 0.3) is 0 Å². The van der Waals surface area contributed by atoms with Crippen LogP contribution in [0.1, 0.15) is 23.4 Å². The fraction of sp³-hybridized carbons (Fsp3) is 0.286. The van der Waals surface area contributed by atoms with Gasteiger partial charge in [0.05, 0.1) is 5.02 Å². The summed E-state index contributed by atoms with van der Waals surface area (Å²) < 4.78 is 13.4. The van der Waals surface area contributed by atoms with Crippen molar-refractivity contribution in [1.29, 1.82) is 0 Å². The minimum absolute atomic E-state index is 0.176. The first-order chi connectivity index (χ1) is 8.70. The normalized spacial score (nSPS) is 12.6. The molecule has 96 valence electrons. The Balaban J connectivity index is 2.16. The summed E-state index contributed by atoms with van der Waals surface area (Å²) in [4.78, 5) is 1.27. The molecule has 1 aromatic carbocycles. The highest BCUT2D eigenvalue weighted by Gasteiger charge is 2.13. The molecule has 0 bridgehead atoms. The average Bonchev–Trinajstić information content (AvgIpc) is 2.87. The van der Waals surface area contributed by atoms with Crippen LogP contribution in [0.3, 0.4) is 0 Å². The maximum atomic E-state index is 13.4. The van der Waals surface area contributed by atoms with E-state index >= 15 is 0 Å². The van der Waals surface area contributed by atoms with Gasteiger partial charge in [-0.25, -0.2) is 4.39 Å². The quantitative estimate of drug-likeness (QED) is 0.856. The van der Waals surface area contributed by atoms with Gasteiger partial charge >= 0.3 is 0 Å². The molecule has 0 fully saturated rings. The second kappa shape index (κ2) is 6.32. The first kappa shape index (κ1) is 13.5. The summed E-state index contributed by atoms with van der Waals surface area (Å²) in [5.74, 6) is -0.351. The number of halogens is 2. The Bertz CT molecular complexity index is 499. The monoisotopic (exact) mass is 283 g/mol. The second-order valence-corrected chi connectivity index (χ2v) is 5.46. The van der Waals surface area contributed by atoms with Crippen molar-refractivity contribution in [3.8, 4) is 0 Å². The van der Waals surface area contributed by atoms with E-state index in [2.05, 4.69) is 23.7 Å². The van der Waals surface area contributed by atoms with Crippen LogP contribution in [-0.4, -0.2) is 6.54 Å². The van der Waals surface area contributed by atoms with Crippen molar-refractivity contribution in [2.45, 2.75) is 19.4 Å². The highest BCUT2D eigenvalue weighted by molar-refractivity contribution is 7.10. The molecule has 0 saturated heterocycles. The molecule has 1 N–H and O–H groups in total. The molecule has 1 unspecified atom stereocenters. The fourth-order valence-electron chi connectivity index (χ4n) is 1.91. The van der Waals surface area contributed by atoms with Crippen molar-refractivity contribution in [3.05, 3.63) is 57.0 Å². The standard InChI is InChI=1S/C14H15ClFNS/c1-2-17-13(14-4-3-7-18-14)9-10-5-6-11(15)12(16)8-10/h3-8,13,17H,2,9H2,1H3. The van der Waals surface area contributed by atoms with Gasteiger partial charge in [-0.3, -0.25) is 0 Å². The molecular formula is C14H15ClFNS. The molecule has 0 saturated carbocycles.